The minimum atomic E-state index is -0.880. The van der Waals surface area contributed by atoms with Crippen LogP contribution in [-0.2, 0) is 20.1 Å². The number of rotatable bonds is 8. The van der Waals surface area contributed by atoms with Gasteiger partial charge < -0.3 is 0 Å². The van der Waals surface area contributed by atoms with Crippen LogP contribution in [0, 0.1) is 23.6 Å². The summed E-state index contributed by atoms with van der Waals surface area (Å²) in [5, 5.41) is 11.2. The largest absolute Gasteiger partial charge is 0.299 e. The highest BCUT2D eigenvalue weighted by Crippen LogP contribution is 2.37. The zero-order chi connectivity index (χ0) is 23.5. The molecule has 1 fully saturated rings. The van der Waals surface area contributed by atoms with E-state index in [1.54, 1.807) is 12.1 Å². The predicted molar refractivity (Wildman–Crippen MR) is 125 cm³/mol. The van der Waals surface area contributed by atoms with Crippen molar-refractivity contribution in [3.05, 3.63) is 47.8 Å². The summed E-state index contributed by atoms with van der Waals surface area (Å²) in [4.78, 5) is 40.4. The van der Waals surface area contributed by atoms with Gasteiger partial charge in [-0.25, -0.2) is 4.39 Å². The van der Waals surface area contributed by atoms with Crippen molar-refractivity contribution in [3.63, 3.8) is 0 Å². The number of hydrogen-bond donors (Lipinski definition) is 1. The van der Waals surface area contributed by atoms with E-state index in [4.69, 9.17) is 0 Å². The molecular weight excluding hydrogens is 463 g/mol. The van der Waals surface area contributed by atoms with E-state index in [0.29, 0.717) is 34.5 Å². The van der Waals surface area contributed by atoms with Crippen molar-refractivity contribution in [2.45, 2.75) is 49.2 Å². The summed E-state index contributed by atoms with van der Waals surface area (Å²) in [6.45, 7) is 3.91. The molecular formula is C23H25FN4O3S2. The van der Waals surface area contributed by atoms with Gasteiger partial charge in [0.05, 0.1) is 11.8 Å². The molecule has 0 bridgehead atoms. The third-order valence-corrected chi connectivity index (χ3v) is 7.81. The number of aromatic nitrogens is 2. The Hall–Kier alpha value is -2.59. The van der Waals surface area contributed by atoms with E-state index >= 15 is 0 Å². The number of nitrogens with one attached hydrogen (secondary N) is 1. The Morgan fingerprint density at radius 3 is 2.39 bits per heavy atom. The number of anilines is 1. The molecule has 2 heterocycles. The predicted octanol–water partition coefficient (Wildman–Crippen LogP) is 4.27. The quantitative estimate of drug-likeness (QED) is 0.258. The van der Waals surface area contributed by atoms with Gasteiger partial charge in [0.25, 0.3) is 0 Å². The molecule has 10 heteroatoms. The van der Waals surface area contributed by atoms with Gasteiger partial charge in [0.15, 0.2) is 4.34 Å². The number of imide groups is 1. The number of benzene rings is 1. The van der Waals surface area contributed by atoms with E-state index in [2.05, 4.69) is 15.5 Å². The standard InChI is InChI=1S/C23H25FN4O3S2/c1-13(2)11-18(28-20(30)16-5-3-4-6-17(16)21(28)31)19(29)25-22-26-27-23(33-22)32-12-14-7-9-15(24)10-8-14/h3-4,7-10,13,16-18H,5-6,11-12H2,1-2H3,(H,25,26,29). The average molecular weight is 489 g/mol. The first-order chi connectivity index (χ1) is 15.8. The monoisotopic (exact) mass is 488 g/mol. The van der Waals surface area contributed by atoms with Gasteiger partial charge >= 0.3 is 0 Å². The van der Waals surface area contributed by atoms with Crippen LogP contribution < -0.4 is 5.32 Å². The number of nitrogens with zero attached hydrogens (tertiary/aromatic N) is 3. The van der Waals surface area contributed by atoms with Crippen molar-refractivity contribution in [3.8, 4) is 0 Å². The Labute approximate surface area is 199 Å². The van der Waals surface area contributed by atoms with Gasteiger partial charge in [-0.1, -0.05) is 61.2 Å². The van der Waals surface area contributed by atoms with E-state index in [1.165, 1.54) is 40.1 Å². The van der Waals surface area contributed by atoms with Crippen LogP contribution in [0.1, 0.15) is 38.7 Å². The minimum absolute atomic E-state index is 0.110. The van der Waals surface area contributed by atoms with Crippen molar-refractivity contribution in [1.29, 1.82) is 0 Å². The van der Waals surface area contributed by atoms with Crippen LogP contribution in [0.2, 0.25) is 0 Å². The number of amides is 3. The fourth-order valence-corrected chi connectivity index (χ4v) is 5.85. The number of likely N-dealkylation sites (tertiary alicyclic amines) is 1. The highest BCUT2D eigenvalue weighted by molar-refractivity contribution is 8.00. The summed E-state index contributed by atoms with van der Waals surface area (Å²) in [6, 6.07) is 5.35. The minimum Gasteiger partial charge on any atom is -0.299 e. The highest BCUT2D eigenvalue weighted by atomic mass is 32.2. The van der Waals surface area contributed by atoms with E-state index in [9.17, 15) is 18.8 Å². The second kappa shape index (κ2) is 10.1. The van der Waals surface area contributed by atoms with Crippen LogP contribution in [0.4, 0.5) is 9.52 Å². The topological polar surface area (TPSA) is 92.3 Å². The zero-order valence-corrected chi connectivity index (χ0v) is 20.0. The maximum Gasteiger partial charge on any atom is 0.249 e. The lowest BCUT2D eigenvalue weighted by Crippen LogP contribution is -2.48. The van der Waals surface area contributed by atoms with Gasteiger partial charge in [-0.15, -0.1) is 10.2 Å². The molecule has 1 aliphatic heterocycles. The summed E-state index contributed by atoms with van der Waals surface area (Å²) in [7, 11) is 0. The summed E-state index contributed by atoms with van der Waals surface area (Å²) in [5.74, 6) is -1.28. The molecule has 33 heavy (non-hydrogen) atoms. The number of halogens is 1. The van der Waals surface area contributed by atoms with Crippen molar-refractivity contribution in [1.82, 2.24) is 15.1 Å². The molecule has 1 aromatic heterocycles. The molecule has 3 unspecified atom stereocenters. The van der Waals surface area contributed by atoms with Crippen molar-refractivity contribution in [2.24, 2.45) is 17.8 Å². The molecule has 1 saturated heterocycles. The van der Waals surface area contributed by atoms with Gasteiger partial charge in [0.2, 0.25) is 22.9 Å². The van der Waals surface area contributed by atoms with E-state index in [-0.39, 0.29) is 35.4 Å². The molecule has 1 aliphatic carbocycles. The number of fused-ring (bicyclic) bond motifs is 1. The molecule has 1 aromatic carbocycles. The Morgan fingerprint density at radius 1 is 1.15 bits per heavy atom. The lowest BCUT2D eigenvalue weighted by atomic mass is 9.85. The number of hydrogen-bond acceptors (Lipinski definition) is 7. The van der Waals surface area contributed by atoms with E-state index in [0.717, 1.165) is 5.56 Å². The third-order valence-electron chi connectivity index (χ3n) is 5.76. The van der Waals surface area contributed by atoms with Gasteiger partial charge in [-0.3, -0.25) is 24.6 Å². The first-order valence-corrected chi connectivity index (χ1v) is 12.7. The SMILES string of the molecule is CC(C)CC(C(=O)Nc1nnc(SCc2ccc(F)cc2)s1)N1C(=O)C2CC=CCC2C1=O. The Bertz CT molecular complexity index is 1040. The third kappa shape index (κ3) is 5.33. The van der Waals surface area contributed by atoms with Crippen LogP contribution >= 0.6 is 23.1 Å². The van der Waals surface area contributed by atoms with Crippen LogP contribution in [0.3, 0.4) is 0 Å². The fourth-order valence-electron chi connectivity index (χ4n) is 4.14. The molecule has 2 aliphatic rings. The van der Waals surface area contributed by atoms with Crippen LogP contribution in [0.5, 0.6) is 0 Å². The second-order valence-corrected chi connectivity index (χ2v) is 10.8. The van der Waals surface area contributed by atoms with Crippen molar-refractivity contribution in [2.75, 3.05) is 5.32 Å². The van der Waals surface area contributed by atoms with E-state index in [1.807, 2.05) is 26.0 Å². The summed E-state index contributed by atoms with van der Waals surface area (Å²) >= 11 is 2.65. The first kappa shape index (κ1) is 23.6. The maximum absolute atomic E-state index is 13.2. The van der Waals surface area contributed by atoms with Gasteiger partial charge in [0, 0.05) is 5.75 Å². The van der Waals surface area contributed by atoms with E-state index < -0.39 is 11.9 Å². The molecule has 0 spiro atoms. The summed E-state index contributed by atoms with van der Waals surface area (Å²) in [5.41, 5.74) is 0.946. The van der Waals surface area contributed by atoms with Gasteiger partial charge in [-0.2, -0.15) is 0 Å². The second-order valence-electron chi connectivity index (χ2n) is 8.63. The Kier molecular flexibility index (Phi) is 7.23. The average Bonchev–Trinajstić information content (AvgIpc) is 3.34. The highest BCUT2D eigenvalue weighted by Gasteiger charge is 2.51. The molecule has 0 saturated carbocycles. The smallest absolute Gasteiger partial charge is 0.249 e. The Balaban J connectivity index is 1.43. The zero-order valence-electron chi connectivity index (χ0n) is 18.4. The molecule has 3 atom stereocenters. The van der Waals surface area contributed by atoms with Crippen molar-refractivity contribution >= 4 is 46.0 Å². The van der Waals surface area contributed by atoms with Crippen LogP contribution in [-0.4, -0.2) is 38.9 Å². The van der Waals surface area contributed by atoms with Crippen molar-refractivity contribution < 1.29 is 18.8 Å². The molecule has 3 amide bonds. The summed E-state index contributed by atoms with van der Waals surface area (Å²) < 4.78 is 13.7. The fraction of sp³-hybridized carbons (Fsp3) is 0.435. The maximum atomic E-state index is 13.2. The van der Waals surface area contributed by atoms with Crippen LogP contribution in [0.25, 0.3) is 0 Å². The molecule has 7 nitrogen and oxygen atoms in total. The van der Waals surface area contributed by atoms with Crippen LogP contribution in [0.15, 0.2) is 40.8 Å². The Morgan fingerprint density at radius 2 is 1.79 bits per heavy atom. The van der Waals surface area contributed by atoms with Gasteiger partial charge in [-0.05, 0) is 42.9 Å². The lowest BCUT2D eigenvalue weighted by molar-refractivity contribution is -0.147. The number of carbonyl (C=O) groups is 3. The number of carbonyl (C=O) groups excluding carboxylic acids is 3. The number of thioether (sulfide) groups is 1. The molecule has 2 aromatic rings. The molecule has 0 radical (unpaired) electrons. The first-order valence-electron chi connectivity index (χ1n) is 10.9. The summed E-state index contributed by atoms with van der Waals surface area (Å²) in [6.07, 6.45) is 5.31. The lowest BCUT2D eigenvalue weighted by Gasteiger charge is -2.26. The normalized spacial score (nSPS) is 20.9. The van der Waals surface area contributed by atoms with Gasteiger partial charge in [0.1, 0.15) is 11.9 Å². The number of allylic oxidation sites excluding steroid dienone is 2. The molecule has 174 valence electrons. The molecule has 4 rings (SSSR count). The molecule has 1 N–H and O–H groups in total.